The highest BCUT2D eigenvalue weighted by atomic mass is 16.6. The smallest absolute Gasteiger partial charge is 0.252 e. The summed E-state index contributed by atoms with van der Waals surface area (Å²) in [5, 5.41) is 4.98. The minimum atomic E-state index is -0.316. The molecule has 0 radical (unpaired) electrons. The van der Waals surface area contributed by atoms with E-state index in [9.17, 15) is 4.79 Å². The standard InChI is InChI=1S/C30H41N5O4/c1-19-16-34(23-14-27(36)32(6)24-17-35(31-29(23)24)28-9-7-8-12-37-28)20(2)15-33(19)21(3)22-10-11-25-26(13-22)38-18-30(4,5)39-25/h10-11,13-14,17,19-21,28H,7-9,12,15-16,18H2,1-6H3/t19-,20+,21?,28?/m1/s1. The second-order valence-electron chi connectivity index (χ2n) is 12.2. The van der Waals surface area contributed by atoms with Gasteiger partial charge in [0.15, 0.2) is 11.5 Å². The molecule has 0 bridgehead atoms. The lowest BCUT2D eigenvalue weighted by atomic mass is 9.99. The number of rotatable bonds is 4. The fourth-order valence-electron chi connectivity index (χ4n) is 6.29. The molecule has 0 spiro atoms. The van der Waals surface area contributed by atoms with Crippen LogP contribution in [0.1, 0.15) is 71.7 Å². The quantitative estimate of drug-likeness (QED) is 0.482. The van der Waals surface area contributed by atoms with Gasteiger partial charge in [-0.2, -0.15) is 5.10 Å². The van der Waals surface area contributed by atoms with Crippen LogP contribution < -0.4 is 19.9 Å². The van der Waals surface area contributed by atoms with Gasteiger partial charge >= 0.3 is 0 Å². The second kappa shape index (κ2) is 9.86. The zero-order valence-corrected chi connectivity index (χ0v) is 24.0. The van der Waals surface area contributed by atoms with Crippen molar-refractivity contribution in [2.45, 2.75) is 83.8 Å². The summed E-state index contributed by atoms with van der Waals surface area (Å²) in [6.07, 6.45) is 5.07. The van der Waals surface area contributed by atoms with Gasteiger partial charge < -0.3 is 23.7 Å². The van der Waals surface area contributed by atoms with E-state index in [1.165, 1.54) is 5.56 Å². The maximum atomic E-state index is 13.0. The van der Waals surface area contributed by atoms with Crippen LogP contribution in [0.25, 0.3) is 11.0 Å². The second-order valence-corrected chi connectivity index (χ2v) is 12.2. The van der Waals surface area contributed by atoms with Gasteiger partial charge in [0.25, 0.3) is 5.56 Å². The molecule has 2 saturated heterocycles. The van der Waals surface area contributed by atoms with Crippen LogP contribution in [0.3, 0.4) is 0 Å². The Labute approximate surface area is 230 Å². The molecule has 0 aliphatic carbocycles. The summed E-state index contributed by atoms with van der Waals surface area (Å²) in [6, 6.07) is 8.76. The molecule has 1 aromatic carbocycles. The topological polar surface area (TPSA) is 74.0 Å². The monoisotopic (exact) mass is 535 g/mol. The molecular formula is C30H41N5O4. The molecule has 0 saturated carbocycles. The molecule has 6 rings (SSSR count). The minimum absolute atomic E-state index is 0.0169. The van der Waals surface area contributed by atoms with E-state index >= 15 is 0 Å². The molecule has 2 fully saturated rings. The molecule has 4 atom stereocenters. The predicted octanol–water partition coefficient (Wildman–Crippen LogP) is 4.64. The lowest BCUT2D eigenvalue weighted by Gasteiger charge is -2.47. The predicted molar refractivity (Wildman–Crippen MR) is 152 cm³/mol. The zero-order chi connectivity index (χ0) is 27.5. The fraction of sp³-hybridized carbons (Fsp3) is 0.600. The molecule has 2 aromatic heterocycles. The first-order valence-corrected chi connectivity index (χ1v) is 14.3. The summed E-state index contributed by atoms with van der Waals surface area (Å²) < 4.78 is 21.8. The van der Waals surface area contributed by atoms with Gasteiger partial charge in [-0.1, -0.05) is 6.07 Å². The third kappa shape index (κ3) is 4.80. The van der Waals surface area contributed by atoms with Crippen molar-refractivity contribution in [3.8, 4) is 11.5 Å². The van der Waals surface area contributed by atoms with Crippen molar-refractivity contribution < 1.29 is 14.2 Å². The highest BCUT2D eigenvalue weighted by molar-refractivity contribution is 5.88. The number of hydrogen-bond acceptors (Lipinski definition) is 7. The molecule has 3 aliphatic rings. The van der Waals surface area contributed by atoms with Crippen LogP contribution in [0.5, 0.6) is 11.5 Å². The summed E-state index contributed by atoms with van der Waals surface area (Å²) in [5.74, 6) is 1.62. The highest BCUT2D eigenvalue weighted by Crippen LogP contribution is 2.39. The number of hydrogen-bond donors (Lipinski definition) is 0. The molecule has 9 heteroatoms. The van der Waals surface area contributed by atoms with Gasteiger partial charge in [0.2, 0.25) is 0 Å². The molecule has 5 heterocycles. The van der Waals surface area contributed by atoms with Crippen LogP contribution in [-0.4, -0.2) is 63.2 Å². The van der Waals surface area contributed by atoms with Crippen LogP contribution in [0, 0.1) is 0 Å². The van der Waals surface area contributed by atoms with Crippen LogP contribution >= 0.6 is 0 Å². The van der Waals surface area contributed by atoms with Crippen molar-refractivity contribution in [3.63, 3.8) is 0 Å². The Morgan fingerprint density at radius 2 is 1.90 bits per heavy atom. The third-order valence-corrected chi connectivity index (χ3v) is 8.61. The van der Waals surface area contributed by atoms with Crippen molar-refractivity contribution in [1.82, 2.24) is 19.2 Å². The van der Waals surface area contributed by atoms with E-state index in [0.29, 0.717) is 6.61 Å². The van der Waals surface area contributed by atoms with Crippen molar-refractivity contribution in [1.29, 1.82) is 0 Å². The molecule has 0 amide bonds. The van der Waals surface area contributed by atoms with Crippen LogP contribution in [-0.2, 0) is 11.8 Å². The largest absolute Gasteiger partial charge is 0.486 e. The van der Waals surface area contributed by atoms with E-state index in [2.05, 4.69) is 42.7 Å². The summed E-state index contributed by atoms with van der Waals surface area (Å²) >= 11 is 0. The number of nitrogens with zero attached hydrogens (tertiary/aromatic N) is 5. The van der Waals surface area contributed by atoms with Gasteiger partial charge in [-0.25, -0.2) is 4.68 Å². The Balaban J connectivity index is 1.26. The average Bonchev–Trinajstić information content (AvgIpc) is 3.37. The van der Waals surface area contributed by atoms with Crippen molar-refractivity contribution in [3.05, 3.63) is 46.4 Å². The van der Waals surface area contributed by atoms with E-state index in [0.717, 1.165) is 67.2 Å². The van der Waals surface area contributed by atoms with Crippen LogP contribution in [0.4, 0.5) is 5.69 Å². The van der Waals surface area contributed by atoms with Gasteiger partial charge in [0.1, 0.15) is 24.0 Å². The van der Waals surface area contributed by atoms with Crippen molar-refractivity contribution in [2.24, 2.45) is 7.05 Å². The molecule has 39 heavy (non-hydrogen) atoms. The van der Waals surface area contributed by atoms with Gasteiger partial charge in [-0.15, -0.1) is 0 Å². The highest BCUT2D eigenvalue weighted by Gasteiger charge is 2.35. The summed E-state index contributed by atoms with van der Waals surface area (Å²) in [4.78, 5) is 17.9. The number of anilines is 1. The Bertz CT molecular complexity index is 1420. The number of aryl methyl sites for hydroxylation is 1. The lowest BCUT2D eigenvalue weighted by molar-refractivity contribution is -0.0390. The maximum Gasteiger partial charge on any atom is 0.252 e. The Morgan fingerprint density at radius 3 is 2.67 bits per heavy atom. The van der Waals surface area contributed by atoms with Crippen LogP contribution in [0.2, 0.25) is 0 Å². The fourth-order valence-corrected chi connectivity index (χ4v) is 6.29. The van der Waals surface area contributed by atoms with Crippen molar-refractivity contribution >= 4 is 16.7 Å². The average molecular weight is 536 g/mol. The van der Waals surface area contributed by atoms with Gasteiger partial charge in [0.05, 0.1) is 17.4 Å². The van der Waals surface area contributed by atoms with E-state index in [1.807, 2.05) is 37.8 Å². The number of aromatic nitrogens is 3. The van der Waals surface area contributed by atoms with E-state index in [-0.39, 0.29) is 35.5 Å². The Morgan fingerprint density at radius 1 is 1.08 bits per heavy atom. The van der Waals surface area contributed by atoms with E-state index in [4.69, 9.17) is 19.3 Å². The van der Waals surface area contributed by atoms with Gasteiger partial charge in [-0.05, 0) is 71.6 Å². The minimum Gasteiger partial charge on any atom is -0.486 e. The first kappa shape index (κ1) is 26.2. The molecular weight excluding hydrogens is 494 g/mol. The van der Waals surface area contributed by atoms with Crippen LogP contribution in [0.15, 0.2) is 35.3 Å². The van der Waals surface area contributed by atoms with Gasteiger partial charge in [0, 0.05) is 50.9 Å². The summed E-state index contributed by atoms with van der Waals surface area (Å²) in [6.45, 7) is 13.8. The number of pyridine rings is 1. The van der Waals surface area contributed by atoms with Crippen molar-refractivity contribution in [2.75, 3.05) is 31.2 Å². The number of piperazine rings is 1. The third-order valence-electron chi connectivity index (χ3n) is 8.61. The number of benzene rings is 1. The summed E-state index contributed by atoms with van der Waals surface area (Å²) in [7, 11) is 1.82. The zero-order valence-electron chi connectivity index (χ0n) is 24.0. The Hall–Kier alpha value is -3.04. The first-order chi connectivity index (χ1) is 18.6. The molecule has 0 N–H and O–H groups in total. The Kier molecular flexibility index (Phi) is 6.62. The number of ether oxygens (including phenoxy) is 3. The number of fused-ring (bicyclic) bond motifs is 2. The summed E-state index contributed by atoms with van der Waals surface area (Å²) in [5.41, 5.74) is 3.51. The molecule has 3 aliphatic heterocycles. The lowest BCUT2D eigenvalue weighted by Crippen LogP contribution is -2.57. The first-order valence-electron chi connectivity index (χ1n) is 14.3. The van der Waals surface area contributed by atoms with E-state index in [1.54, 1.807) is 10.6 Å². The molecule has 210 valence electrons. The normalized spacial score (nSPS) is 26.1. The SMILES string of the molecule is CC(c1ccc2c(c1)OCC(C)(C)O2)N1C[C@H](C)N(c2cc(=O)n(C)c3cn(C4CCCCO4)nc23)C[C@H]1C. The van der Waals surface area contributed by atoms with E-state index < -0.39 is 0 Å². The molecule has 3 aromatic rings. The maximum absolute atomic E-state index is 13.0. The van der Waals surface area contributed by atoms with Gasteiger partial charge in [-0.3, -0.25) is 9.69 Å². The molecule has 9 nitrogen and oxygen atoms in total. The molecule has 2 unspecified atom stereocenters.